The summed E-state index contributed by atoms with van der Waals surface area (Å²) in [6, 6.07) is -0.372. The van der Waals surface area contributed by atoms with Gasteiger partial charge in [0.25, 0.3) is 0 Å². The molecule has 5 nitrogen and oxygen atoms in total. The molecule has 0 saturated carbocycles. The maximum absolute atomic E-state index is 12.0. The van der Waals surface area contributed by atoms with E-state index in [4.69, 9.17) is 9.52 Å². The van der Waals surface area contributed by atoms with Crippen molar-refractivity contribution in [2.75, 3.05) is 11.5 Å². The van der Waals surface area contributed by atoms with E-state index in [1.54, 1.807) is 27.7 Å². The van der Waals surface area contributed by atoms with Gasteiger partial charge in [0.05, 0.1) is 0 Å². The van der Waals surface area contributed by atoms with Crippen molar-refractivity contribution in [2.45, 2.75) is 64.8 Å². The molecule has 0 aliphatic rings. The first-order valence-corrected chi connectivity index (χ1v) is 8.90. The standard InChI is InChI=1S/C13H25F3N2O3S/c1-10(18-11(19)21-12(2,3)4)6-9-22(17,20)8-5-7-13(14,15)16/h10,17H,5-9H2,1-4H3,(H,18,19)/t10-,22?/m0/s1. The zero-order valence-corrected chi connectivity index (χ0v) is 14.2. The summed E-state index contributed by atoms with van der Waals surface area (Å²) >= 11 is 0. The van der Waals surface area contributed by atoms with E-state index in [9.17, 15) is 22.2 Å². The average molecular weight is 346 g/mol. The topological polar surface area (TPSA) is 79.3 Å². The van der Waals surface area contributed by atoms with Crippen molar-refractivity contribution in [2.24, 2.45) is 0 Å². The summed E-state index contributed by atoms with van der Waals surface area (Å²) in [5, 5.41) is 2.54. The third-order valence-corrected chi connectivity index (χ3v) is 4.42. The summed E-state index contributed by atoms with van der Waals surface area (Å²) in [6.45, 7) is 6.81. The SMILES string of the molecule is C[C@@H](CCS(=N)(=O)CCCC(F)(F)F)NC(=O)OC(C)(C)C. The van der Waals surface area contributed by atoms with Gasteiger partial charge >= 0.3 is 12.3 Å². The van der Waals surface area contributed by atoms with Gasteiger partial charge in [0.1, 0.15) is 5.60 Å². The largest absolute Gasteiger partial charge is 0.444 e. The molecule has 0 aromatic carbocycles. The van der Waals surface area contributed by atoms with Gasteiger partial charge in [-0.05, 0) is 40.5 Å². The molecule has 2 N–H and O–H groups in total. The van der Waals surface area contributed by atoms with Gasteiger partial charge in [-0.1, -0.05) is 0 Å². The number of hydrogen-bond acceptors (Lipinski definition) is 4. The lowest BCUT2D eigenvalue weighted by Crippen LogP contribution is -2.38. The van der Waals surface area contributed by atoms with E-state index in [2.05, 4.69) is 5.32 Å². The predicted octanol–water partition coefficient (Wildman–Crippen LogP) is 3.68. The Balaban J connectivity index is 4.12. The number of nitrogens with one attached hydrogen (secondary N) is 2. The number of carbonyl (C=O) groups excluding carboxylic acids is 1. The van der Waals surface area contributed by atoms with Gasteiger partial charge < -0.3 is 10.1 Å². The van der Waals surface area contributed by atoms with E-state index < -0.39 is 34.0 Å². The second-order valence-corrected chi connectivity index (χ2v) is 8.71. The highest BCUT2D eigenvalue weighted by Crippen LogP contribution is 2.21. The second-order valence-electron chi connectivity index (χ2n) is 6.27. The highest BCUT2D eigenvalue weighted by Gasteiger charge is 2.27. The van der Waals surface area contributed by atoms with Crippen LogP contribution in [-0.2, 0) is 14.5 Å². The van der Waals surface area contributed by atoms with Crippen LogP contribution in [0, 0.1) is 4.78 Å². The highest BCUT2D eigenvalue weighted by atomic mass is 32.2. The first kappa shape index (κ1) is 21.0. The first-order chi connectivity index (χ1) is 9.70. The van der Waals surface area contributed by atoms with Crippen molar-refractivity contribution in [3.05, 3.63) is 0 Å². The predicted molar refractivity (Wildman–Crippen MR) is 79.3 cm³/mol. The summed E-state index contributed by atoms with van der Waals surface area (Å²) < 4.78 is 60.5. The zero-order valence-electron chi connectivity index (χ0n) is 13.4. The fraction of sp³-hybridized carbons (Fsp3) is 0.923. The van der Waals surface area contributed by atoms with Crippen LogP contribution in [0.5, 0.6) is 0 Å². The van der Waals surface area contributed by atoms with Crippen LogP contribution < -0.4 is 5.32 Å². The smallest absolute Gasteiger partial charge is 0.407 e. The normalized spacial score (nSPS) is 16.7. The minimum absolute atomic E-state index is 0.0537. The molecule has 22 heavy (non-hydrogen) atoms. The lowest BCUT2D eigenvalue weighted by molar-refractivity contribution is -0.134. The molecule has 9 heteroatoms. The Morgan fingerprint density at radius 3 is 2.27 bits per heavy atom. The van der Waals surface area contributed by atoms with Gasteiger partial charge in [-0.2, -0.15) is 13.2 Å². The van der Waals surface area contributed by atoms with Crippen molar-refractivity contribution >= 4 is 15.8 Å². The molecule has 0 aromatic rings. The van der Waals surface area contributed by atoms with Crippen LogP contribution >= 0.6 is 0 Å². The van der Waals surface area contributed by atoms with Gasteiger partial charge in [-0.3, -0.25) is 4.78 Å². The number of carbonyl (C=O) groups is 1. The molecule has 1 unspecified atom stereocenters. The molecular weight excluding hydrogens is 321 g/mol. The summed E-state index contributed by atoms with van der Waals surface area (Å²) in [5.74, 6) is -0.340. The van der Waals surface area contributed by atoms with Gasteiger partial charge in [-0.15, -0.1) is 0 Å². The lowest BCUT2D eigenvalue weighted by atomic mass is 10.2. The fourth-order valence-electron chi connectivity index (χ4n) is 1.56. The molecule has 0 aromatic heterocycles. The Kier molecular flexibility index (Phi) is 7.67. The maximum Gasteiger partial charge on any atom is 0.407 e. The van der Waals surface area contributed by atoms with Gasteiger partial charge in [0.2, 0.25) is 0 Å². The molecule has 0 aliphatic heterocycles. The molecule has 0 saturated heterocycles. The molecule has 0 heterocycles. The quantitative estimate of drug-likeness (QED) is 0.738. The number of amides is 1. The van der Waals surface area contributed by atoms with Gasteiger partial charge in [0.15, 0.2) is 0 Å². The molecule has 2 atom stereocenters. The van der Waals surface area contributed by atoms with Gasteiger partial charge in [-0.25, -0.2) is 9.00 Å². The van der Waals surface area contributed by atoms with Crippen LogP contribution in [0.25, 0.3) is 0 Å². The number of alkyl carbamates (subject to hydrolysis) is 1. The van der Waals surface area contributed by atoms with E-state index in [0.717, 1.165) is 0 Å². The Hall–Kier alpha value is -0.990. The van der Waals surface area contributed by atoms with Crippen LogP contribution in [0.4, 0.5) is 18.0 Å². The molecule has 1 amide bonds. The highest BCUT2D eigenvalue weighted by molar-refractivity contribution is 7.92. The van der Waals surface area contributed by atoms with Gasteiger partial charge in [0, 0.05) is 33.7 Å². The van der Waals surface area contributed by atoms with E-state index in [0.29, 0.717) is 0 Å². The molecule has 0 aliphatic carbocycles. The van der Waals surface area contributed by atoms with Crippen LogP contribution in [0.3, 0.4) is 0 Å². The van der Waals surface area contributed by atoms with Crippen molar-refractivity contribution in [1.82, 2.24) is 5.32 Å². The number of halogens is 3. The number of ether oxygens (including phenoxy) is 1. The van der Waals surface area contributed by atoms with Crippen molar-refractivity contribution < 1.29 is 26.9 Å². The third kappa shape index (κ3) is 12.7. The van der Waals surface area contributed by atoms with Crippen LogP contribution in [-0.4, -0.2) is 39.6 Å². The fourth-order valence-corrected chi connectivity index (χ4v) is 3.10. The summed E-state index contributed by atoms with van der Waals surface area (Å²) in [4.78, 5) is 11.5. The lowest BCUT2D eigenvalue weighted by Gasteiger charge is -2.22. The maximum atomic E-state index is 12.0. The van der Waals surface area contributed by atoms with Crippen LogP contribution in [0.2, 0.25) is 0 Å². The van der Waals surface area contributed by atoms with E-state index >= 15 is 0 Å². The molecular formula is C13H25F3N2O3S. The monoisotopic (exact) mass is 346 g/mol. The molecule has 0 fully saturated rings. The number of rotatable bonds is 7. The second kappa shape index (κ2) is 8.03. The third-order valence-electron chi connectivity index (χ3n) is 2.58. The zero-order chi connectivity index (χ0) is 17.6. The van der Waals surface area contributed by atoms with Crippen LogP contribution in [0.1, 0.15) is 47.0 Å². The summed E-state index contributed by atoms with van der Waals surface area (Å²) in [6.07, 6.45) is -6.02. The van der Waals surface area contributed by atoms with E-state index in [1.165, 1.54) is 0 Å². The van der Waals surface area contributed by atoms with Crippen molar-refractivity contribution in [1.29, 1.82) is 4.78 Å². The molecule has 0 radical (unpaired) electrons. The average Bonchev–Trinajstić information content (AvgIpc) is 2.21. The van der Waals surface area contributed by atoms with Crippen LogP contribution in [0.15, 0.2) is 0 Å². The molecule has 0 bridgehead atoms. The Labute approximate surface area is 130 Å². The number of hydrogen-bond donors (Lipinski definition) is 2. The van der Waals surface area contributed by atoms with Crippen molar-refractivity contribution in [3.63, 3.8) is 0 Å². The van der Waals surface area contributed by atoms with E-state index in [-0.39, 0.29) is 30.4 Å². The summed E-state index contributed by atoms with van der Waals surface area (Å²) in [5.41, 5.74) is -0.635. The molecule has 0 spiro atoms. The Morgan fingerprint density at radius 1 is 1.27 bits per heavy atom. The molecule has 0 rings (SSSR count). The molecule has 132 valence electrons. The minimum atomic E-state index is -4.29. The number of alkyl halides is 3. The van der Waals surface area contributed by atoms with E-state index in [1.807, 2.05) is 0 Å². The Morgan fingerprint density at radius 2 is 1.82 bits per heavy atom. The van der Waals surface area contributed by atoms with Crippen molar-refractivity contribution in [3.8, 4) is 0 Å². The summed E-state index contributed by atoms with van der Waals surface area (Å²) in [7, 11) is -3.06. The minimum Gasteiger partial charge on any atom is -0.444 e. The first-order valence-electron chi connectivity index (χ1n) is 7.01. The Bertz CT molecular complexity index is 456.